The first-order valence-electron chi connectivity index (χ1n) is 15.7. The van der Waals surface area contributed by atoms with Crippen molar-refractivity contribution in [1.82, 2.24) is 19.9 Å². The van der Waals surface area contributed by atoms with Crippen molar-refractivity contribution in [2.75, 3.05) is 0 Å². The second-order valence-electron chi connectivity index (χ2n) is 11.5. The summed E-state index contributed by atoms with van der Waals surface area (Å²) in [5, 5.41) is 2.02. The Bertz CT molecular complexity index is 2330. The highest BCUT2D eigenvalue weighted by molar-refractivity contribution is 7.22. The minimum Gasteiger partial charge on any atom is -0.236 e. The van der Waals surface area contributed by atoms with Crippen LogP contribution < -0.4 is 0 Å². The molecule has 0 fully saturated rings. The largest absolute Gasteiger partial charge is 0.236 e. The molecule has 0 N–H and O–H groups in total. The van der Waals surface area contributed by atoms with Crippen LogP contribution in [0.5, 0.6) is 0 Å². The minimum atomic E-state index is 0.681. The third-order valence-electron chi connectivity index (χ3n) is 8.42. The van der Waals surface area contributed by atoms with E-state index in [1.54, 1.807) is 22.7 Å². The van der Waals surface area contributed by atoms with Gasteiger partial charge in [-0.3, -0.25) is 0 Å². The lowest BCUT2D eigenvalue weighted by molar-refractivity contribution is 1.18. The molecule has 0 unspecified atom stereocenters. The first-order chi connectivity index (χ1) is 23.7. The Morgan fingerprint density at radius 3 is 1.21 bits per heavy atom. The Hall–Kier alpha value is -5.82. The number of aromatic nitrogens is 4. The van der Waals surface area contributed by atoms with Crippen molar-refractivity contribution in [3.8, 4) is 66.2 Å². The molecule has 0 amide bonds. The van der Waals surface area contributed by atoms with Gasteiger partial charge in [-0.05, 0) is 41.5 Å². The molecule has 48 heavy (non-hydrogen) atoms. The van der Waals surface area contributed by atoms with Crippen LogP contribution in [0.3, 0.4) is 0 Å². The van der Waals surface area contributed by atoms with E-state index in [0.29, 0.717) is 5.82 Å². The number of nitrogens with zero attached hydrogens (tertiary/aromatic N) is 4. The molecule has 0 saturated heterocycles. The number of fused-ring (bicyclic) bond motifs is 2. The van der Waals surface area contributed by atoms with Crippen LogP contribution in [0.2, 0.25) is 0 Å². The van der Waals surface area contributed by atoms with Crippen molar-refractivity contribution in [3.05, 3.63) is 158 Å². The molecule has 0 aliphatic heterocycles. The Morgan fingerprint density at radius 2 is 0.708 bits per heavy atom. The van der Waals surface area contributed by atoms with Gasteiger partial charge >= 0.3 is 0 Å². The van der Waals surface area contributed by atoms with Crippen LogP contribution in [0.25, 0.3) is 86.6 Å². The van der Waals surface area contributed by atoms with Crippen LogP contribution in [0.15, 0.2) is 158 Å². The molecule has 0 saturated carbocycles. The molecule has 6 aromatic carbocycles. The first-order valence-corrected chi connectivity index (χ1v) is 17.3. The number of hydrogen-bond acceptors (Lipinski definition) is 6. The van der Waals surface area contributed by atoms with Gasteiger partial charge in [0, 0.05) is 27.8 Å². The molecular weight excluding hydrogens is 625 g/mol. The van der Waals surface area contributed by atoms with Crippen molar-refractivity contribution < 1.29 is 0 Å². The third-order valence-corrected chi connectivity index (χ3v) is 10.6. The summed E-state index contributed by atoms with van der Waals surface area (Å²) in [6.07, 6.45) is 0. The van der Waals surface area contributed by atoms with Gasteiger partial charge in [-0.25, -0.2) is 19.9 Å². The molecule has 9 rings (SSSR count). The second-order valence-corrected chi connectivity index (χ2v) is 13.6. The Labute approximate surface area is 285 Å². The van der Waals surface area contributed by atoms with Gasteiger partial charge in [0.2, 0.25) is 0 Å². The fourth-order valence-electron chi connectivity index (χ4n) is 5.87. The predicted molar refractivity (Wildman–Crippen MR) is 201 cm³/mol. The van der Waals surface area contributed by atoms with Crippen molar-refractivity contribution >= 4 is 43.1 Å². The zero-order valence-electron chi connectivity index (χ0n) is 25.6. The van der Waals surface area contributed by atoms with E-state index in [0.717, 1.165) is 60.3 Å². The van der Waals surface area contributed by atoms with Gasteiger partial charge in [-0.1, -0.05) is 127 Å². The highest BCUT2D eigenvalue weighted by atomic mass is 32.1. The SMILES string of the molecule is c1ccc(-c2ccc(-c3cc(-c4ccc(-c5nc6ccccc6s5)cc4)nc(-c4ccc(-c5nc6ccccc6s5)cc4)n3)cc2)cc1. The quantitative estimate of drug-likeness (QED) is 0.180. The lowest BCUT2D eigenvalue weighted by Gasteiger charge is -2.11. The average Bonchev–Trinajstić information content (AvgIpc) is 3.80. The van der Waals surface area contributed by atoms with Gasteiger partial charge in [0.25, 0.3) is 0 Å². The molecule has 0 radical (unpaired) electrons. The summed E-state index contributed by atoms with van der Waals surface area (Å²) in [6, 6.07) is 54.6. The molecule has 3 heterocycles. The van der Waals surface area contributed by atoms with E-state index in [9.17, 15) is 0 Å². The number of rotatable bonds is 6. The van der Waals surface area contributed by atoms with E-state index >= 15 is 0 Å². The maximum absolute atomic E-state index is 5.10. The van der Waals surface area contributed by atoms with Gasteiger partial charge in [-0.15, -0.1) is 22.7 Å². The Balaban J connectivity index is 1.10. The Morgan fingerprint density at radius 1 is 0.312 bits per heavy atom. The van der Waals surface area contributed by atoms with Crippen LogP contribution in [0.1, 0.15) is 0 Å². The molecule has 6 heteroatoms. The highest BCUT2D eigenvalue weighted by Crippen LogP contribution is 2.35. The van der Waals surface area contributed by atoms with Gasteiger partial charge < -0.3 is 0 Å². The number of hydrogen-bond donors (Lipinski definition) is 0. The molecule has 0 aliphatic rings. The van der Waals surface area contributed by atoms with Gasteiger partial charge in [0.1, 0.15) is 10.0 Å². The predicted octanol–water partition coefficient (Wildman–Crippen LogP) is 11.7. The van der Waals surface area contributed by atoms with Crippen molar-refractivity contribution in [2.24, 2.45) is 0 Å². The minimum absolute atomic E-state index is 0.681. The molecule has 226 valence electrons. The third kappa shape index (κ3) is 5.47. The number of thiazole rings is 2. The molecule has 0 aliphatic carbocycles. The number of para-hydroxylation sites is 2. The number of benzene rings is 6. The van der Waals surface area contributed by atoms with Crippen LogP contribution in [0, 0.1) is 0 Å². The van der Waals surface area contributed by atoms with E-state index < -0.39 is 0 Å². The van der Waals surface area contributed by atoms with Crippen molar-refractivity contribution in [2.45, 2.75) is 0 Å². The molecule has 0 spiro atoms. The van der Waals surface area contributed by atoms with Crippen molar-refractivity contribution in [1.29, 1.82) is 0 Å². The monoisotopic (exact) mass is 650 g/mol. The summed E-state index contributed by atoms with van der Waals surface area (Å²) in [4.78, 5) is 19.9. The maximum atomic E-state index is 5.10. The summed E-state index contributed by atoms with van der Waals surface area (Å²) < 4.78 is 2.37. The lowest BCUT2D eigenvalue weighted by atomic mass is 10.0. The van der Waals surface area contributed by atoms with E-state index in [-0.39, 0.29) is 0 Å². The van der Waals surface area contributed by atoms with Crippen LogP contribution in [-0.4, -0.2) is 19.9 Å². The summed E-state index contributed by atoms with van der Waals surface area (Å²) in [5.41, 5.74) is 11.3. The fourth-order valence-corrected chi connectivity index (χ4v) is 7.82. The maximum Gasteiger partial charge on any atom is 0.160 e. The highest BCUT2D eigenvalue weighted by Gasteiger charge is 2.14. The molecule has 4 nitrogen and oxygen atoms in total. The van der Waals surface area contributed by atoms with E-state index in [2.05, 4.69) is 140 Å². The van der Waals surface area contributed by atoms with Gasteiger partial charge in [-0.2, -0.15) is 0 Å². The Kier molecular flexibility index (Phi) is 7.15. The second kappa shape index (κ2) is 12.1. The van der Waals surface area contributed by atoms with Crippen LogP contribution in [-0.2, 0) is 0 Å². The zero-order valence-corrected chi connectivity index (χ0v) is 27.2. The molecule has 3 aromatic heterocycles. The summed E-state index contributed by atoms with van der Waals surface area (Å²) in [7, 11) is 0. The van der Waals surface area contributed by atoms with Gasteiger partial charge in [0.15, 0.2) is 5.82 Å². The van der Waals surface area contributed by atoms with Crippen LogP contribution in [0.4, 0.5) is 0 Å². The molecule has 9 aromatic rings. The average molecular weight is 651 g/mol. The standard InChI is InChI=1S/C42H26N4S2/c1-2-8-27(9-3-1)28-14-16-29(17-15-28)36-26-37(30-18-22-32(23-19-30)41-45-34-10-4-6-12-38(34)47-41)44-40(43-36)31-20-24-33(25-21-31)42-46-35-11-5-7-13-39(35)48-42/h1-26H. The molecule has 0 atom stereocenters. The van der Waals surface area contributed by atoms with E-state index in [4.69, 9.17) is 19.9 Å². The van der Waals surface area contributed by atoms with E-state index in [1.165, 1.54) is 20.5 Å². The molecular formula is C42H26N4S2. The first kappa shape index (κ1) is 28.4. The zero-order chi connectivity index (χ0) is 31.9. The molecule has 0 bridgehead atoms. The lowest BCUT2D eigenvalue weighted by Crippen LogP contribution is -1.96. The van der Waals surface area contributed by atoms with E-state index in [1.807, 2.05) is 18.2 Å². The topological polar surface area (TPSA) is 51.6 Å². The fraction of sp³-hybridized carbons (Fsp3) is 0. The van der Waals surface area contributed by atoms with Crippen LogP contribution >= 0.6 is 22.7 Å². The smallest absolute Gasteiger partial charge is 0.160 e. The summed E-state index contributed by atoms with van der Waals surface area (Å²) in [5.74, 6) is 0.681. The van der Waals surface area contributed by atoms with Crippen molar-refractivity contribution in [3.63, 3.8) is 0 Å². The van der Waals surface area contributed by atoms with Gasteiger partial charge in [0.05, 0.1) is 31.8 Å². The summed E-state index contributed by atoms with van der Waals surface area (Å²) in [6.45, 7) is 0. The normalized spacial score (nSPS) is 11.3. The summed E-state index contributed by atoms with van der Waals surface area (Å²) >= 11 is 3.42.